The molecule has 0 spiro atoms. The molecule has 0 saturated carbocycles. The van der Waals surface area contributed by atoms with Gasteiger partial charge in [-0.15, -0.1) is 11.8 Å². The molecule has 21 heavy (non-hydrogen) atoms. The summed E-state index contributed by atoms with van der Waals surface area (Å²) in [6.07, 6.45) is 0. The summed E-state index contributed by atoms with van der Waals surface area (Å²) in [5.74, 6) is 1.21. The number of aryl methyl sites for hydroxylation is 2. The molecule has 0 heterocycles. The molecule has 0 aliphatic heterocycles. The zero-order valence-electron chi connectivity index (χ0n) is 12.5. The molecule has 0 unspecified atom stereocenters. The van der Waals surface area contributed by atoms with E-state index >= 15 is 0 Å². The van der Waals surface area contributed by atoms with Gasteiger partial charge < -0.3 is 10.1 Å². The molecule has 2 aromatic rings. The third-order valence-electron chi connectivity index (χ3n) is 3.10. The molecule has 3 nitrogen and oxygen atoms in total. The molecule has 1 amide bonds. The van der Waals surface area contributed by atoms with E-state index < -0.39 is 0 Å². The first-order valence-electron chi connectivity index (χ1n) is 6.72. The molecule has 0 aromatic heterocycles. The predicted molar refractivity (Wildman–Crippen MR) is 88.3 cm³/mol. The molecule has 0 fully saturated rings. The first-order chi connectivity index (χ1) is 10.1. The number of methoxy groups -OCH3 is 1. The maximum absolute atomic E-state index is 12.0. The van der Waals surface area contributed by atoms with Crippen LogP contribution in [0.5, 0.6) is 5.75 Å². The minimum atomic E-state index is 0.00418. The average molecular weight is 301 g/mol. The van der Waals surface area contributed by atoms with E-state index in [2.05, 4.69) is 5.32 Å². The Bertz CT molecular complexity index is 623. The van der Waals surface area contributed by atoms with Crippen molar-refractivity contribution in [2.45, 2.75) is 18.7 Å². The van der Waals surface area contributed by atoms with Crippen molar-refractivity contribution in [2.24, 2.45) is 0 Å². The number of hydrogen-bond acceptors (Lipinski definition) is 3. The second-order valence-electron chi connectivity index (χ2n) is 4.83. The van der Waals surface area contributed by atoms with Gasteiger partial charge in [0.05, 0.1) is 12.9 Å². The van der Waals surface area contributed by atoms with E-state index in [1.54, 1.807) is 7.11 Å². The molecule has 0 atom stereocenters. The van der Waals surface area contributed by atoms with Crippen LogP contribution in [0, 0.1) is 13.8 Å². The molecule has 0 saturated heterocycles. The van der Waals surface area contributed by atoms with Gasteiger partial charge in [-0.2, -0.15) is 0 Å². The van der Waals surface area contributed by atoms with E-state index in [-0.39, 0.29) is 5.91 Å². The Hall–Kier alpha value is -1.94. The number of amides is 1. The molecule has 0 aliphatic rings. The van der Waals surface area contributed by atoms with Crippen LogP contribution >= 0.6 is 11.8 Å². The molecule has 4 heteroatoms. The van der Waals surface area contributed by atoms with Crippen molar-refractivity contribution in [3.63, 3.8) is 0 Å². The number of carbonyl (C=O) groups is 1. The number of anilines is 1. The van der Waals surface area contributed by atoms with Crippen molar-refractivity contribution >= 4 is 23.4 Å². The number of thioether (sulfide) groups is 1. The van der Waals surface area contributed by atoms with Crippen LogP contribution < -0.4 is 10.1 Å². The quantitative estimate of drug-likeness (QED) is 0.847. The summed E-state index contributed by atoms with van der Waals surface area (Å²) in [5.41, 5.74) is 3.09. The summed E-state index contributed by atoms with van der Waals surface area (Å²) < 4.78 is 5.11. The van der Waals surface area contributed by atoms with Crippen molar-refractivity contribution in [1.82, 2.24) is 0 Å². The van der Waals surface area contributed by atoms with Gasteiger partial charge in [0.1, 0.15) is 5.75 Å². The van der Waals surface area contributed by atoms with Crippen molar-refractivity contribution in [1.29, 1.82) is 0 Å². The second kappa shape index (κ2) is 7.18. The molecule has 1 N–H and O–H groups in total. The van der Waals surface area contributed by atoms with Crippen LogP contribution in [0.1, 0.15) is 11.1 Å². The number of benzene rings is 2. The lowest BCUT2D eigenvalue weighted by Gasteiger charge is -2.09. The maximum Gasteiger partial charge on any atom is 0.234 e. The molecule has 0 aliphatic carbocycles. The zero-order chi connectivity index (χ0) is 15.2. The van der Waals surface area contributed by atoms with Crippen LogP contribution in [0.15, 0.2) is 47.4 Å². The van der Waals surface area contributed by atoms with Crippen LogP contribution in [0.25, 0.3) is 0 Å². The molecule has 0 radical (unpaired) electrons. The molecule has 0 bridgehead atoms. The van der Waals surface area contributed by atoms with E-state index in [1.165, 1.54) is 11.8 Å². The second-order valence-corrected chi connectivity index (χ2v) is 5.88. The minimum absolute atomic E-state index is 0.00418. The minimum Gasteiger partial charge on any atom is -0.497 e. The summed E-state index contributed by atoms with van der Waals surface area (Å²) in [4.78, 5) is 13.1. The Morgan fingerprint density at radius 1 is 1.14 bits per heavy atom. The third kappa shape index (κ3) is 4.53. The van der Waals surface area contributed by atoms with Crippen molar-refractivity contribution in [3.05, 3.63) is 53.6 Å². The lowest BCUT2D eigenvalue weighted by Crippen LogP contribution is -2.14. The van der Waals surface area contributed by atoms with Crippen molar-refractivity contribution in [3.8, 4) is 5.75 Å². The van der Waals surface area contributed by atoms with Gasteiger partial charge in [-0.3, -0.25) is 4.79 Å². The highest BCUT2D eigenvalue weighted by Gasteiger charge is 2.06. The van der Waals surface area contributed by atoms with Gasteiger partial charge in [0.25, 0.3) is 0 Å². The number of nitrogens with one attached hydrogen (secondary N) is 1. The Balaban J connectivity index is 1.91. The topological polar surface area (TPSA) is 38.3 Å². The number of rotatable bonds is 5. The van der Waals surface area contributed by atoms with E-state index in [4.69, 9.17) is 4.74 Å². The van der Waals surface area contributed by atoms with Gasteiger partial charge in [-0.05, 0) is 55.3 Å². The largest absolute Gasteiger partial charge is 0.497 e. The summed E-state index contributed by atoms with van der Waals surface area (Å²) in [7, 11) is 1.64. The SMILES string of the molecule is COc1ccc(SCC(=O)Nc2cc(C)ccc2C)cc1. The standard InChI is InChI=1S/C17H19NO2S/c1-12-4-5-13(2)16(10-12)18-17(19)11-21-15-8-6-14(20-3)7-9-15/h4-10H,11H2,1-3H3,(H,18,19). The van der Waals surface area contributed by atoms with Gasteiger partial charge in [-0.1, -0.05) is 12.1 Å². The lowest BCUT2D eigenvalue weighted by atomic mass is 10.1. The highest BCUT2D eigenvalue weighted by molar-refractivity contribution is 8.00. The smallest absolute Gasteiger partial charge is 0.234 e. The first kappa shape index (κ1) is 15.4. The Labute approximate surface area is 129 Å². The molecule has 110 valence electrons. The van der Waals surface area contributed by atoms with E-state index in [9.17, 15) is 4.79 Å². The highest BCUT2D eigenvalue weighted by Crippen LogP contribution is 2.22. The summed E-state index contributed by atoms with van der Waals surface area (Å²) in [6, 6.07) is 13.7. The Morgan fingerprint density at radius 3 is 2.52 bits per heavy atom. The Kier molecular flexibility index (Phi) is 5.28. The van der Waals surface area contributed by atoms with Crippen LogP contribution in [-0.2, 0) is 4.79 Å². The van der Waals surface area contributed by atoms with Crippen LogP contribution in [-0.4, -0.2) is 18.8 Å². The summed E-state index contributed by atoms with van der Waals surface area (Å²) >= 11 is 1.51. The summed E-state index contributed by atoms with van der Waals surface area (Å²) in [6.45, 7) is 4.01. The fourth-order valence-corrected chi connectivity index (χ4v) is 2.58. The predicted octanol–water partition coefficient (Wildman–Crippen LogP) is 4.04. The van der Waals surface area contributed by atoms with Crippen molar-refractivity contribution < 1.29 is 9.53 Å². The Morgan fingerprint density at radius 2 is 1.86 bits per heavy atom. The van der Waals surface area contributed by atoms with Crippen LogP contribution in [0.3, 0.4) is 0 Å². The van der Waals surface area contributed by atoms with E-state index in [0.29, 0.717) is 5.75 Å². The maximum atomic E-state index is 12.0. The highest BCUT2D eigenvalue weighted by atomic mass is 32.2. The molecular formula is C17H19NO2S. The zero-order valence-corrected chi connectivity index (χ0v) is 13.3. The summed E-state index contributed by atoms with van der Waals surface area (Å²) in [5, 5.41) is 2.96. The van der Waals surface area contributed by atoms with E-state index in [0.717, 1.165) is 27.5 Å². The third-order valence-corrected chi connectivity index (χ3v) is 4.11. The van der Waals surface area contributed by atoms with Crippen LogP contribution in [0.2, 0.25) is 0 Å². The lowest BCUT2D eigenvalue weighted by molar-refractivity contribution is -0.113. The molecule has 2 rings (SSSR count). The van der Waals surface area contributed by atoms with Gasteiger partial charge in [-0.25, -0.2) is 0 Å². The van der Waals surface area contributed by atoms with E-state index in [1.807, 2.05) is 56.3 Å². The molecular weight excluding hydrogens is 282 g/mol. The van der Waals surface area contributed by atoms with Crippen molar-refractivity contribution in [2.75, 3.05) is 18.2 Å². The number of hydrogen-bond donors (Lipinski definition) is 1. The fourth-order valence-electron chi connectivity index (χ4n) is 1.88. The average Bonchev–Trinajstić information content (AvgIpc) is 2.49. The van der Waals surface area contributed by atoms with Gasteiger partial charge in [0.15, 0.2) is 0 Å². The van der Waals surface area contributed by atoms with Gasteiger partial charge in [0, 0.05) is 10.6 Å². The first-order valence-corrected chi connectivity index (χ1v) is 7.71. The number of carbonyl (C=O) groups excluding carboxylic acids is 1. The van der Waals surface area contributed by atoms with Crippen LogP contribution in [0.4, 0.5) is 5.69 Å². The van der Waals surface area contributed by atoms with Gasteiger partial charge in [0.2, 0.25) is 5.91 Å². The normalized spacial score (nSPS) is 10.2. The molecule has 2 aromatic carbocycles. The fraction of sp³-hybridized carbons (Fsp3) is 0.235. The number of ether oxygens (including phenoxy) is 1. The van der Waals surface area contributed by atoms with Gasteiger partial charge >= 0.3 is 0 Å². The monoisotopic (exact) mass is 301 g/mol.